The number of nitrogens with one attached hydrogen (secondary N) is 2. The van der Waals surface area contributed by atoms with Crippen LogP contribution in [0.4, 0.5) is 11.4 Å². The third-order valence-corrected chi connectivity index (χ3v) is 2.50. The van der Waals surface area contributed by atoms with Gasteiger partial charge in [0.25, 0.3) is 0 Å². The van der Waals surface area contributed by atoms with Crippen LogP contribution in [-0.2, 0) is 11.8 Å². The van der Waals surface area contributed by atoms with Gasteiger partial charge >= 0.3 is 0 Å². The molecule has 2 N–H and O–H groups in total. The second-order valence-electron chi connectivity index (χ2n) is 3.81. The van der Waals surface area contributed by atoms with Gasteiger partial charge in [-0.1, -0.05) is 6.58 Å². The Balaban J connectivity index is 2.40. The van der Waals surface area contributed by atoms with E-state index < -0.39 is 0 Å². The van der Waals surface area contributed by atoms with E-state index in [1.54, 1.807) is 20.2 Å². The van der Waals surface area contributed by atoms with Crippen LogP contribution >= 0.6 is 0 Å². The van der Waals surface area contributed by atoms with Gasteiger partial charge < -0.3 is 10.6 Å². The average molecular weight is 258 g/mol. The fraction of sp³-hybridized carbons (Fsp3) is 0.167. The van der Waals surface area contributed by atoms with Crippen molar-refractivity contribution in [2.75, 3.05) is 17.7 Å². The van der Waals surface area contributed by atoms with Gasteiger partial charge in [-0.25, -0.2) is 0 Å². The van der Waals surface area contributed by atoms with E-state index in [0.717, 1.165) is 11.3 Å². The molecule has 0 atom stereocenters. The number of nitrogens with zero attached hydrogens (tertiary/aromatic N) is 4. The van der Waals surface area contributed by atoms with Crippen molar-refractivity contribution in [2.45, 2.75) is 0 Å². The number of hydrogen-bond acceptors (Lipinski definition) is 5. The van der Waals surface area contributed by atoms with Gasteiger partial charge in [-0.2, -0.15) is 4.80 Å². The van der Waals surface area contributed by atoms with Gasteiger partial charge in [0.2, 0.25) is 11.7 Å². The van der Waals surface area contributed by atoms with E-state index in [9.17, 15) is 4.79 Å². The summed E-state index contributed by atoms with van der Waals surface area (Å²) in [4.78, 5) is 12.8. The maximum absolute atomic E-state index is 11.4. The number of tetrazole rings is 1. The number of hydrogen-bond donors (Lipinski definition) is 2. The van der Waals surface area contributed by atoms with Crippen molar-refractivity contribution in [1.82, 2.24) is 20.2 Å². The molecule has 0 spiro atoms. The topological polar surface area (TPSA) is 84.7 Å². The summed E-state index contributed by atoms with van der Waals surface area (Å²) < 4.78 is 0. The lowest BCUT2D eigenvalue weighted by Gasteiger charge is -2.10. The SMILES string of the molecule is C=CC(=O)Nc1cc(-c2nnn(C)n2)ccc1NC. The second-order valence-corrected chi connectivity index (χ2v) is 3.81. The Hall–Kier alpha value is -2.70. The fourth-order valence-corrected chi connectivity index (χ4v) is 1.59. The predicted octanol–water partition coefficient (Wildman–Crippen LogP) is 1.04. The predicted molar refractivity (Wildman–Crippen MR) is 72.6 cm³/mol. The molecule has 0 radical (unpaired) electrons. The quantitative estimate of drug-likeness (QED) is 0.800. The van der Waals surface area contributed by atoms with E-state index in [2.05, 4.69) is 32.6 Å². The first-order valence-electron chi connectivity index (χ1n) is 5.63. The molecule has 2 rings (SSSR count). The van der Waals surface area contributed by atoms with Gasteiger partial charge in [-0.15, -0.1) is 10.2 Å². The zero-order chi connectivity index (χ0) is 13.8. The zero-order valence-electron chi connectivity index (χ0n) is 10.7. The largest absolute Gasteiger partial charge is 0.386 e. The van der Waals surface area contributed by atoms with Crippen molar-refractivity contribution in [3.8, 4) is 11.4 Å². The molecule has 7 nitrogen and oxygen atoms in total. The maximum Gasteiger partial charge on any atom is 0.247 e. The van der Waals surface area contributed by atoms with Crippen molar-refractivity contribution >= 4 is 17.3 Å². The molecule has 1 heterocycles. The van der Waals surface area contributed by atoms with Gasteiger partial charge in [0, 0.05) is 12.6 Å². The zero-order valence-corrected chi connectivity index (χ0v) is 10.7. The lowest BCUT2D eigenvalue weighted by atomic mass is 10.1. The van der Waals surface area contributed by atoms with Gasteiger partial charge in [-0.3, -0.25) is 4.79 Å². The number of carbonyl (C=O) groups is 1. The average Bonchev–Trinajstić information content (AvgIpc) is 2.85. The van der Waals surface area contributed by atoms with Crippen molar-refractivity contribution < 1.29 is 4.79 Å². The molecule has 0 unspecified atom stereocenters. The van der Waals surface area contributed by atoms with E-state index >= 15 is 0 Å². The van der Waals surface area contributed by atoms with Crippen LogP contribution in [0.3, 0.4) is 0 Å². The van der Waals surface area contributed by atoms with E-state index in [-0.39, 0.29) is 5.91 Å². The number of carbonyl (C=O) groups excluding carboxylic acids is 1. The molecule has 98 valence electrons. The lowest BCUT2D eigenvalue weighted by Crippen LogP contribution is -2.09. The monoisotopic (exact) mass is 258 g/mol. The maximum atomic E-state index is 11.4. The summed E-state index contributed by atoms with van der Waals surface area (Å²) in [6.07, 6.45) is 1.21. The van der Waals surface area contributed by atoms with Crippen molar-refractivity contribution in [3.63, 3.8) is 0 Å². The van der Waals surface area contributed by atoms with E-state index in [1.165, 1.54) is 10.9 Å². The molecular formula is C12H14N6O. The minimum absolute atomic E-state index is 0.277. The van der Waals surface area contributed by atoms with Crippen LogP contribution in [0.25, 0.3) is 11.4 Å². The third kappa shape index (κ3) is 2.76. The summed E-state index contributed by atoms with van der Waals surface area (Å²) >= 11 is 0. The van der Waals surface area contributed by atoms with Gasteiger partial charge in [0.1, 0.15) is 0 Å². The Kier molecular flexibility index (Phi) is 3.56. The number of amides is 1. The van der Waals surface area contributed by atoms with Crippen LogP contribution in [0.2, 0.25) is 0 Å². The Morgan fingerprint density at radius 3 is 2.79 bits per heavy atom. The Labute approximate surface area is 110 Å². The molecule has 0 fully saturated rings. The highest BCUT2D eigenvalue weighted by molar-refractivity contribution is 6.01. The molecule has 7 heteroatoms. The molecule has 0 aliphatic rings. The highest BCUT2D eigenvalue weighted by Crippen LogP contribution is 2.26. The normalized spacial score (nSPS) is 10.0. The second kappa shape index (κ2) is 5.30. The number of aromatic nitrogens is 4. The standard InChI is InChI=1S/C12H14N6O/c1-4-11(19)14-10-7-8(5-6-9(10)13-2)12-15-17-18(3)16-12/h4-7,13H,1H2,2-3H3,(H,14,19). The van der Waals surface area contributed by atoms with Crippen LogP contribution in [0.1, 0.15) is 0 Å². The summed E-state index contributed by atoms with van der Waals surface area (Å²) in [6.45, 7) is 3.43. The summed E-state index contributed by atoms with van der Waals surface area (Å²) in [5.41, 5.74) is 2.20. The Morgan fingerprint density at radius 1 is 1.42 bits per heavy atom. The van der Waals surface area contributed by atoms with Crippen LogP contribution < -0.4 is 10.6 Å². The van der Waals surface area contributed by atoms with Crippen molar-refractivity contribution in [3.05, 3.63) is 30.9 Å². The first-order chi connectivity index (χ1) is 9.13. The number of rotatable bonds is 4. The first kappa shape index (κ1) is 12.7. The van der Waals surface area contributed by atoms with Gasteiger partial charge in [0.05, 0.1) is 18.4 Å². The minimum Gasteiger partial charge on any atom is -0.386 e. The molecule has 19 heavy (non-hydrogen) atoms. The van der Waals surface area contributed by atoms with Gasteiger partial charge in [-0.05, 0) is 29.5 Å². The first-order valence-corrected chi connectivity index (χ1v) is 5.63. The molecule has 1 aromatic heterocycles. The molecule has 1 amide bonds. The Morgan fingerprint density at radius 2 is 2.21 bits per heavy atom. The van der Waals surface area contributed by atoms with Crippen LogP contribution in [-0.4, -0.2) is 33.2 Å². The summed E-state index contributed by atoms with van der Waals surface area (Å²) in [5.74, 6) is 0.222. The third-order valence-electron chi connectivity index (χ3n) is 2.50. The van der Waals surface area contributed by atoms with Crippen LogP contribution in [0.15, 0.2) is 30.9 Å². The van der Waals surface area contributed by atoms with Crippen molar-refractivity contribution in [2.24, 2.45) is 7.05 Å². The summed E-state index contributed by atoms with van der Waals surface area (Å²) in [5, 5.41) is 17.6. The molecule has 0 saturated carbocycles. The molecule has 0 aliphatic carbocycles. The highest BCUT2D eigenvalue weighted by Gasteiger charge is 2.09. The molecule has 0 aliphatic heterocycles. The van der Waals surface area contributed by atoms with E-state index in [1.807, 2.05) is 12.1 Å². The highest BCUT2D eigenvalue weighted by atomic mass is 16.1. The molecule has 2 aromatic rings. The molecular weight excluding hydrogens is 244 g/mol. The van der Waals surface area contributed by atoms with E-state index in [4.69, 9.17) is 0 Å². The van der Waals surface area contributed by atoms with Crippen LogP contribution in [0, 0.1) is 0 Å². The summed E-state index contributed by atoms with van der Waals surface area (Å²) in [6, 6.07) is 5.47. The Bertz CT molecular complexity index is 618. The van der Waals surface area contributed by atoms with Crippen molar-refractivity contribution in [1.29, 1.82) is 0 Å². The van der Waals surface area contributed by atoms with Crippen LogP contribution in [0.5, 0.6) is 0 Å². The smallest absolute Gasteiger partial charge is 0.247 e. The lowest BCUT2D eigenvalue weighted by molar-refractivity contribution is -0.111. The fourth-order valence-electron chi connectivity index (χ4n) is 1.59. The number of anilines is 2. The minimum atomic E-state index is -0.277. The molecule has 0 saturated heterocycles. The molecule has 1 aromatic carbocycles. The van der Waals surface area contributed by atoms with E-state index in [0.29, 0.717) is 11.5 Å². The number of benzene rings is 1. The van der Waals surface area contributed by atoms with Gasteiger partial charge in [0.15, 0.2) is 0 Å². The summed E-state index contributed by atoms with van der Waals surface area (Å²) in [7, 11) is 3.47. The molecule has 0 bridgehead atoms. The number of aryl methyl sites for hydroxylation is 1.